The van der Waals surface area contributed by atoms with Crippen LogP contribution in [-0.4, -0.2) is 11.9 Å². The molecule has 0 unspecified atom stereocenters. The number of nitrogens with zero attached hydrogens (tertiary/aromatic N) is 1. The fraction of sp³-hybridized carbons (Fsp3) is 0.348. The lowest BCUT2D eigenvalue weighted by atomic mass is 9.67. The lowest BCUT2D eigenvalue weighted by Gasteiger charge is -2.41. The van der Waals surface area contributed by atoms with E-state index in [-0.39, 0.29) is 11.3 Å². The number of nitrogens with one attached hydrogen (secondary N) is 1. The number of para-hydroxylation sites is 1. The van der Waals surface area contributed by atoms with Crippen molar-refractivity contribution in [1.82, 2.24) is 5.32 Å². The molecule has 3 nitrogen and oxygen atoms in total. The quantitative estimate of drug-likeness (QED) is 0.901. The Morgan fingerprint density at radius 2 is 1.88 bits per heavy atom. The van der Waals surface area contributed by atoms with Crippen LogP contribution in [0.3, 0.4) is 0 Å². The highest BCUT2D eigenvalue weighted by molar-refractivity contribution is 5.89. The van der Waals surface area contributed by atoms with Gasteiger partial charge in [0.05, 0.1) is 5.41 Å². The van der Waals surface area contributed by atoms with Gasteiger partial charge in [0.2, 0.25) is 5.91 Å². The second-order valence-electron chi connectivity index (χ2n) is 7.71. The number of fused-ring (bicyclic) bond motifs is 1. The van der Waals surface area contributed by atoms with Gasteiger partial charge in [0, 0.05) is 30.4 Å². The summed E-state index contributed by atoms with van der Waals surface area (Å²) in [5.74, 6) is 0.175. The molecule has 3 aliphatic rings. The molecule has 0 saturated carbocycles. The Morgan fingerprint density at radius 3 is 2.69 bits per heavy atom. The van der Waals surface area contributed by atoms with Crippen LogP contribution in [0, 0.1) is 0 Å². The molecule has 2 heterocycles. The van der Waals surface area contributed by atoms with Crippen LogP contribution in [0.15, 0.2) is 65.9 Å². The second kappa shape index (κ2) is 5.73. The van der Waals surface area contributed by atoms with Crippen molar-refractivity contribution >= 4 is 11.6 Å². The molecule has 2 aromatic carbocycles. The number of anilines is 1. The Hall–Kier alpha value is -2.55. The number of amides is 1. The van der Waals surface area contributed by atoms with E-state index >= 15 is 0 Å². The van der Waals surface area contributed by atoms with Crippen LogP contribution in [-0.2, 0) is 16.8 Å². The summed E-state index contributed by atoms with van der Waals surface area (Å²) in [6.45, 7) is 3.11. The van der Waals surface area contributed by atoms with Gasteiger partial charge in [0.25, 0.3) is 0 Å². The number of carbonyl (C=O) groups is 1. The molecule has 132 valence electrons. The first kappa shape index (κ1) is 15.7. The zero-order chi connectivity index (χ0) is 17.7. The predicted molar refractivity (Wildman–Crippen MR) is 104 cm³/mol. The molecule has 1 N–H and O–H groups in total. The van der Waals surface area contributed by atoms with Crippen LogP contribution in [0.4, 0.5) is 5.69 Å². The molecule has 3 heteroatoms. The topological polar surface area (TPSA) is 32.3 Å². The summed E-state index contributed by atoms with van der Waals surface area (Å²) in [5, 5.41) is 3.26. The highest BCUT2D eigenvalue weighted by atomic mass is 16.2. The number of benzene rings is 2. The van der Waals surface area contributed by atoms with Crippen molar-refractivity contribution in [3.63, 3.8) is 0 Å². The molecule has 2 aromatic rings. The molecule has 5 rings (SSSR count). The molecule has 1 spiro atoms. The van der Waals surface area contributed by atoms with Gasteiger partial charge in [-0.05, 0) is 42.0 Å². The minimum absolute atomic E-state index is 0.175. The van der Waals surface area contributed by atoms with Gasteiger partial charge in [-0.25, -0.2) is 0 Å². The maximum Gasteiger partial charge on any atom is 0.225 e. The monoisotopic (exact) mass is 344 g/mol. The van der Waals surface area contributed by atoms with E-state index in [1.54, 1.807) is 0 Å². The summed E-state index contributed by atoms with van der Waals surface area (Å²) in [5.41, 5.74) is 6.43. The van der Waals surface area contributed by atoms with Gasteiger partial charge in [-0.3, -0.25) is 4.79 Å². The molecule has 1 fully saturated rings. The highest BCUT2D eigenvalue weighted by Gasteiger charge is 2.59. The summed E-state index contributed by atoms with van der Waals surface area (Å²) in [4.78, 5) is 15.1. The first-order chi connectivity index (χ1) is 12.7. The lowest BCUT2D eigenvalue weighted by molar-refractivity contribution is -0.119. The number of hydrogen-bond donors (Lipinski definition) is 1. The highest BCUT2D eigenvalue weighted by Crippen LogP contribution is 2.58. The van der Waals surface area contributed by atoms with E-state index in [2.05, 4.69) is 71.7 Å². The summed E-state index contributed by atoms with van der Waals surface area (Å²) in [7, 11) is 0. The van der Waals surface area contributed by atoms with E-state index in [0.29, 0.717) is 12.5 Å². The van der Waals surface area contributed by atoms with Gasteiger partial charge >= 0.3 is 0 Å². The standard InChI is InChI=1S/C23H24N2O/c1-2-17-12-13-20-23(14-21(26)24-22(17)23)18-10-6-7-11-19(18)25(20)15-16-8-4-3-5-9-16/h3-11,20H,2,12-15H2,1H3,(H,24,26)/t20-,23-/m1/s1. The van der Waals surface area contributed by atoms with Crippen molar-refractivity contribution in [2.75, 3.05) is 4.90 Å². The van der Waals surface area contributed by atoms with Crippen LogP contribution in [0.25, 0.3) is 0 Å². The van der Waals surface area contributed by atoms with E-state index < -0.39 is 0 Å². The van der Waals surface area contributed by atoms with Gasteiger partial charge in [0.1, 0.15) is 0 Å². The van der Waals surface area contributed by atoms with Crippen molar-refractivity contribution in [3.8, 4) is 0 Å². The van der Waals surface area contributed by atoms with Gasteiger partial charge in [-0.1, -0.05) is 55.5 Å². The Kier molecular flexibility index (Phi) is 3.46. The zero-order valence-electron chi connectivity index (χ0n) is 15.2. The molecule has 2 atom stereocenters. The molecule has 0 bridgehead atoms. The number of allylic oxidation sites excluding steroid dienone is 1. The summed E-state index contributed by atoms with van der Waals surface area (Å²) in [6, 6.07) is 19.7. The molecule has 2 aliphatic heterocycles. The predicted octanol–water partition coefficient (Wildman–Crippen LogP) is 4.29. The minimum Gasteiger partial charge on any atom is -0.363 e. The number of carbonyl (C=O) groups excluding carboxylic acids is 1. The Balaban J connectivity index is 1.68. The Morgan fingerprint density at radius 1 is 1.12 bits per heavy atom. The SMILES string of the molecule is CCC1=C2NC(=O)C[C@]23c2ccccc2N(Cc2ccccc2)[C@@H]3CC1. The van der Waals surface area contributed by atoms with Crippen LogP contribution in [0.5, 0.6) is 0 Å². The first-order valence-electron chi connectivity index (χ1n) is 9.66. The molecule has 1 amide bonds. The molecule has 26 heavy (non-hydrogen) atoms. The third kappa shape index (κ3) is 2.03. The van der Waals surface area contributed by atoms with Crippen molar-refractivity contribution in [1.29, 1.82) is 0 Å². The third-order valence-corrected chi connectivity index (χ3v) is 6.48. The van der Waals surface area contributed by atoms with Crippen LogP contribution < -0.4 is 10.2 Å². The second-order valence-corrected chi connectivity index (χ2v) is 7.71. The fourth-order valence-corrected chi connectivity index (χ4v) is 5.44. The average Bonchev–Trinajstić information content (AvgIpc) is 3.16. The van der Waals surface area contributed by atoms with E-state index in [1.165, 1.54) is 28.1 Å². The third-order valence-electron chi connectivity index (χ3n) is 6.48. The smallest absolute Gasteiger partial charge is 0.225 e. The van der Waals surface area contributed by atoms with E-state index in [4.69, 9.17) is 0 Å². The molecule has 1 aliphatic carbocycles. The molecule has 1 saturated heterocycles. The molecule has 0 aromatic heterocycles. The van der Waals surface area contributed by atoms with Gasteiger partial charge in [-0.2, -0.15) is 0 Å². The van der Waals surface area contributed by atoms with Crippen LogP contribution in [0.2, 0.25) is 0 Å². The normalized spacial score (nSPS) is 26.4. The van der Waals surface area contributed by atoms with Crippen molar-refractivity contribution < 1.29 is 4.79 Å². The lowest BCUT2D eigenvalue weighted by Crippen LogP contribution is -2.47. The Bertz CT molecular complexity index is 901. The van der Waals surface area contributed by atoms with Gasteiger partial charge < -0.3 is 10.2 Å². The van der Waals surface area contributed by atoms with Crippen molar-refractivity contribution in [3.05, 3.63) is 77.0 Å². The minimum atomic E-state index is -0.175. The van der Waals surface area contributed by atoms with E-state index in [0.717, 1.165) is 25.8 Å². The van der Waals surface area contributed by atoms with Gasteiger partial charge in [0.15, 0.2) is 0 Å². The Labute approximate surface area is 154 Å². The summed E-state index contributed by atoms with van der Waals surface area (Å²) < 4.78 is 0. The van der Waals surface area contributed by atoms with Crippen LogP contribution in [0.1, 0.15) is 43.7 Å². The molecular formula is C23H24N2O. The number of hydrogen-bond acceptors (Lipinski definition) is 2. The summed E-state index contributed by atoms with van der Waals surface area (Å²) >= 11 is 0. The summed E-state index contributed by atoms with van der Waals surface area (Å²) in [6.07, 6.45) is 3.80. The molecular weight excluding hydrogens is 320 g/mol. The maximum absolute atomic E-state index is 12.5. The fourth-order valence-electron chi connectivity index (χ4n) is 5.44. The maximum atomic E-state index is 12.5. The van der Waals surface area contributed by atoms with E-state index in [1.807, 2.05) is 0 Å². The molecule has 0 radical (unpaired) electrons. The van der Waals surface area contributed by atoms with E-state index in [9.17, 15) is 4.79 Å². The number of rotatable bonds is 3. The first-order valence-corrected chi connectivity index (χ1v) is 9.66. The van der Waals surface area contributed by atoms with Crippen molar-refractivity contribution in [2.24, 2.45) is 0 Å². The zero-order valence-corrected chi connectivity index (χ0v) is 15.2. The van der Waals surface area contributed by atoms with Crippen molar-refractivity contribution in [2.45, 2.75) is 50.6 Å². The largest absolute Gasteiger partial charge is 0.363 e. The van der Waals surface area contributed by atoms with Crippen LogP contribution >= 0.6 is 0 Å². The average molecular weight is 344 g/mol. The van der Waals surface area contributed by atoms with Gasteiger partial charge in [-0.15, -0.1) is 0 Å².